The Labute approximate surface area is 179 Å². The number of hydrogen-bond donors (Lipinski definition) is 1. The highest BCUT2D eigenvalue weighted by Gasteiger charge is 2.25. The predicted molar refractivity (Wildman–Crippen MR) is 110 cm³/mol. The highest BCUT2D eigenvalue weighted by atomic mass is 35.5. The number of halogens is 3. The molecule has 1 fully saturated rings. The smallest absolute Gasteiger partial charge is 0.262 e. The van der Waals surface area contributed by atoms with Crippen LogP contribution in [0.3, 0.4) is 0 Å². The molecule has 1 saturated heterocycles. The lowest BCUT2D eigenvalue weighted by Gasteiger charge is -2.23. The van der Waals surface area contributed by atoms with Crippen LogP contribution in [0.4, 0.5) is 14.6 Å². The molecule has 156 valence electrons. The summed E-state index contributed by atoms with van der Waals surface area (Å²) < 4.78 is 38.7. The molecule has 0 atom stereocenters. The molecule has 0 radical (unpaired) electrons. The molecule has 1 aliphatic heterocycles. The summed E-state index contributed by atoms with van der Waals surface area (Å²) in [6, 6.07) is 8.70. The number of aromatic nitrogens is 2. The van der Waals surface area contributed by atoms with Gasteiger partial charge in [-0.2, -0.15) is 0 Å². The van der Waals surface area contributed by atoms with Crippen molar-refractivity contribution >= 4 is 34.3 Å². The van der Waals surface area contributed by atoms with Gasteiger partial charge >= 0.3 is 0 Å². The van der Waals surface area contributed by atoms with Gasteiger partial charge in [-0.15, -0.1) is 0 Å². The molecular weight excluding hydrogens is 428 g/mol. The van der Waals surface area contributed by atoms with Crippen LogP contribution in [0.2, 0.25) is 5.02 Å². The summed E-state index contributed by atoms with van der Waals surface area (Å²) in [5, 5.41) is 3.67. The highest BCUT2D eigenvalue weighted by Crippen LogP contribution is 2.35. The van der Waals surface area contributed by atoms with Gasteiger partial charge in [0, 0.05) is 10.9 Å². The summed E-state index contributed by atoms with van der Waals surface area (Å²) in [4.78, 5) is 20.6. The van der Waals surface area contributed by atoms with E-state index in [1.807, 2.05) is 6.07 Å². The van der Waals surface area contributed by atoms with Gasteiger partial charge in [-0.05, 0) is 30.3 Å². The lowest BCUT2D eigenvalue weighted by molar-refractivity contribution is 0.000474. The molecule has 5 rings (SSSR count). The summed E-state index contributed by atoms with van der Waals surface area (Å²) in [5.41, 5.74) is 1.03. The highest BCUT2D eigenvalue weighted by molar-refractivity contribution is 6.34. The minimum atomic E-state index is -0.964. The molecular formula is C22H14ClF2N3O3. The first-order valence-electron chi connectivity index (χ1n) is 9.38. The molecule has 31 heavy (non-hydrogen) atoms. The lowest BCUT2D eigenvalue weighted by atomic mass is 10.0. The number of anilines is 1. The largest absolute Gasteiger partial charge is 0.461 e. The van der Waals surface area contributed by atoms with E-state index in [1.165, 1.54) is 18.5 Å². The molecule has 0 bridgehead atoms. The van der Waals surface area contributed by atoms with E-state index in [-0.39, 0.29) is 11.7 Å². The summed E-state index contributed by atoms with van der Waals surface area (Å²) in [6.07, 6.45) is 2.69. The second-order valence-corrected chi connectivity index (χ2v) is 7.50. The molecule has 2 aromatic carbocycles. The van der Waals surface area contributed by atoms with Crippen LogP contribution in [0.5, 0.6) is 0 Å². The molecule has 0 saturated carbocycles. The fraction of sp³-hybridized carbons (Fsp3) is 0.136. The van der Waals surface area contributed by atoms with E-state index in [0.717, 1.165) is 23.3 Å². The lowest BCUT2D eigenvalue weighted by Crippen LogP contribution is -2.24. The zero-order chi connectivity index (χ0) is 21.5. The maximum atomic E-state index is 13.8. The van der Waals surface area contributed by atoms with E-state index in [0.29, 0.717) is 35.1 Å². The number of carbonyl (C=O) groups excluding carboxylic acids is 1. The van der Waals surface area contributed by atoms with E-state index in [9.17, 15) is 13.6 Å². The predicted octanol–water partition coefficient (Wildman–Crippen LogP) is 5.19. The Morgan fingerprint density at radius 1 is 1.10 bits per heavy atom. The van der Waals surface area contributed by atoms with Crippen molar-refractivity contribution in [2.75, 3.05) is 18.5 Å². The molecule has 6 nitrogen and oxygen atoms in total. The molecule has 0 spiro atoms. The van der Waals surface area contributed by atoms with Crippen molar-refractivity contribution in [3.05, 3.63) is 76.8 Å². The molecule has 1 amide bonds. The van der Waals surface area contributed by atoms with Crippen molar-refractivity contribution in [2.45, 2.75) is 5.92 Å². The average molecular weight is 442 g/mol. The summed E-state index contributed by atoms with van der Waals surface area (Å²) in [5.74, 6) is -1.75. The zero-order valence-corrected chi connectivity index (χ0v) is 16.6. The van der Waals surface area contributed by atoms with E-state index in [1.54, 1.807) is 12.1 Å². The van der Waals surface area contributed by atoms with Crippen LogP contribution in [0, 0.1) is 11.6 Å². The minimum Gasteiger partial charge on any atom is -0.461 e. The van der Waals surface area contributed by atoms with Crippen LogP contribution in [0.25, 0.3) is 22.2 Å². The molecule has 0 aliphatic carbocycles. The minimum absolute atomic E-state index is 0.0406. The van der Waals surface area contributed by atoms with E-state index >= 15 is 0 Å². The van der Waals surface area contributed by atoms with Crippen LogP contribution >= 0.6 is 11.6 Å². The topological polar surface area (TPSA) is 77.2 Å². The first-order valence-corrected chi connectivity index (χ1v) is 9.76. The molecule has 3 heterocycles. The van der Waals surface area contributed by atoms with Crippen LogP contribution in [0.15, 0.2) is 53.2 Å². The summed E-state index contributed by atoms with van der Waals surface area (Å²) >= 11 is 6.43. The second kappa shape index (κ2) is 7.72. The molecule has 2 aromatic heterocycles. The number of fused-ring (bicyclic) bond motifs is 1. The van der Waals surface area contributed by atoms with Crippen molar-refractivity contribution in [3.63, 3.8) is 0 Å². The van der Waals surface area contributed by atoms with Gasteiger partial charge in [0.1, 0.15) is 28.5 Å². The number of amides is 1. The van der Waals surface area contributed by atoms with Crippen molar-refractivity contribution in [1.29, 1.82) is 0 Å². The van der Waals surface area contributed by atoms with Gasteiger partial charge in [0.15, 0.2) is 5.82 Å². The first kappa shape index (κ1) is 19.6. The third kappa shape index (κ3) is 3.64. The number of ether oxygens (including phenoxy) is 1. The van der Waals surface area contributed by atoms with E-state index in [4.69, 9.17) is 20.8 Å². The second-order valence-electron chi connectivity index (χ2n) is 7.09. The SMILES string of the molecule is O=C(Nc1cnc(-c2cc3oc(C4COC4)cc3cc2Cl)cn1)c1c(F)cccc1F. The van der Waals surface area contributed by atoms with Crippen molar-refractivity contribution < 1.29 is 22.7 Å². The first-order chi connectivity index (χ1) is 15.0. The van der Waals surface area contributed by atoms with Crippen molar-refractivity contribution in [2.24, 2.45) is 0 Å². The number of rotatable bonds is 4. The standard InChI is InChI=1S/C22H14ClF2N3O3/c23-14-4-11-5-18(12-9-30-10-12)31-19(11)6-13(14)17-7-27-20(8-26-17)28-22(29)21-15(24)2-1-3-16(21)25/h1-8,12H,9-10H2,(H,27,28,29). The van der Waals surface area contributed by atoms with Gasteiger partial charge in [-0.3, -0.25) is 9.78 Å². The quantitative estimate of drug-likeness (QED) is 0.471. The Balaban J connectivity index is 1.40. The molecule has 1 N–H and O–H groups in total. The Bertz CT molecular complexity index is 1280. The number of nitrogens with one attached hydrogen (secondary N) is 1. The normalized spacial score (nSPS) is 13.9. The number of nitrogens with zero attached hydrogens (tertiary/aromatic N) is 2. The Morgan fingerprint density at radius 2 is 1.87 bits per heavy atom. The van der Waals surface area contributed by atoms with Gasteiger partial charge in [-0.25, -0.2) is 13.8 Å². The van der Waals surface area contributed by atoms with Gasteiger partial charge in [-0.1, -0.05) is 17.7 Å². The Kier molecular flexibility index (Phi) is 4.88. The van der Waals surface area contributed by atoms with Gasteiger partial charge < -0.3 is 14.5 Å². The van der Waals surface area contributed by atoms with Crippen LogP contribution in [-0.2, 0) is 4.74 Å². The maximum absolute atomic E-state index is 13.8. The van der Waals surface area contributed by atoms with Crippen LogP contribution in [0.1, 0.15) is 22.0 Å². The fourth-order valence-electron chi connectivity index (χ4n) is 3.30. The number of benzene rings is 2. The van der Waals surface area contributed by atoms with Gasteiger partial charge in [0.2, 0.25) is 0 Å². The summed E-state index contributed by atoms with van der Waals surface area (Å²) in [6.45, 7) is 1.27. The van der Waals surface area contributed by atoms with Gasteiger partial charge in [0.05, 0.1) is 42.2 Å². The van der Waals surface area contributed by atoms with E-state index in [2.05, 4.69) is 15.3 Å². The molecule has 1 aliphatic rings. The van der Waals surface area contributed by atoms with Crippen molar-refractivity contribution in [3.8, 4) is 11.3 Å². The molecule has 9 heteroatoms. The fourth-order valence-corrected chi connectivity index (χ4v) is 3.57. The summed E-state index contributed by atoms with van der Waals surface area (Å²) in [7, 11) is 0. The molecule has 4 aromatic rings. The monoisotopic (exact) mass is 441 g/mol. The molecule has 0 unspecified atom stereocenters. The zero-order valence-electron chi connectivity index (χ0n) is 15.9. The third-order valence-electron chi connectivity index (χ3n) is 5.02. The number of hydrogen-bond acceptors (Lipinski definition) is 5. The Morgan fingerprint density at radius 3 is 2.52 bits per heavy atom. The number of furan rings is 1. The van der Waals surface area contributed by atoms with Crippen molar-refractivity contribution in [1.82, 2.24) is 9.97 Å². The maximum Gasteiger partial charge on any atom is 0.262 e. The van der Waals surface area contributed by atoms with E-state index < -0.39 is 23.1 Å². The third-order valence-corrected chi connectivity index (χ3v) is 5.34. The average Bonchev–Trinajstić information content (AvgIpc) is 3.08. The van der Waals surface area contributed by atoms with Gasteiger partial charge in [0.25, 0.3) is 5.91 Å². The Hall–Kier alpha value is -3.36. The van der Waals surface area contributed by atoms with Crippen LogP contribution < -0.4 is 5.32 Å². The van der Waals surface area contributed by atoms with Crippen LogP contribution in [-0.4, -0.2) is 29.1 Å². The number of carbonyl (C=O) groups is 1.